The van der Waals surface area contributed by atoms with E-state index >= 15 is 0 Å². The predicted octanol–water partition coefficient (Wildman–Crippen LogP) is -0.462. The van der Waals surface area contributed by atoms with Gasteiger partial charge in [-0.05, 0) is 6.92 Å². The highest BCUT2D eigenvalue weighted by molar-refractivity contribution is 5.72. The highest BCUT2D eigenvalue weighted by Crippen LogP contribution is 1.82. The van der Waals surface area contributed by atoms with Crippen LogP contribution in [0.1, 0.15) is 6.92 Å². The number of likely N-dealkylation sites (N-methyl/N-ethyl adjacent to an activating group) is 1. The maximum atomic E-state index is 10.7. The van der Waals surface area contributed by atoms with Gasteiger partial charge in [-0.2, -0.15) is 0 Å². The molecule has 0 spiro atoms. The maximum absolute atomic E-state index is 10.7. The lowest BCUT2D eigenvalue weighted by Gasteiger charge is -2.15. The Labute approximate surface area is 66.5 Å². The number of carbonyl (C=O) groups excluding carboxylic acids is 1. The molecule has 0 aromatic heterocycles. The van der Waals surface area contributed by atoms with E-state index < -0.39 is 0 Å². The average molecular weight is 161 g/mol. The van der Waals surface area contributed by atoms with Crippen molar-refractivity contribution in [3.8, 4) is 0 Å². The second-order valence-corrected chi connectivity index (χ2v) is 2.07. The number of urea groups is 1. The molecular weight excluding hydrogens is 146 g/mol. The fourth-order valence-corrected chi connectivity index (χ4v) is 0.558. The molecule has 0 saturated heterocycles. The maximum Gasteiger partial charge on any atom is 0.331 e. The molecule has 0 aliphatic heterocycles. The smallest absolute Gasteiger partial charge is 0.331 e. The molecule has 5 nitrogen and oxygen atoms in total. The quantitative estimate of drug-likeness (QED) is 0.254. The molecule has 0 aromatic rings. The van der Waals surface area contributed by atoms with Gasteiger partial charge in [-0.25, -0.2) is 10.6 Å². The first kappa shape index (κ1) is 10.2. The number of nitrogens with one attached hydrogen (secondary N) is 1. The first-order valence-electron chi connectivity index (χ1n) is 3.51. The molecular formula is C6H15N3O2. The Morgan fingerprint density at radius 2 is 2.36 bits per heavy atom. The van der Waals surface area contributed by atoms with Gasteiger partial charge in [0.1, 0.15) is 0 Å². The number of hydrogen-bond donors (Lipinski definition) is 2. The molecule has 0 atom stereocenters. The van der Waals surface area contributed by atoms with Gasteiger partial charge in [-0.1, -0.05) is 0 Å². The molecule has 11 heavy (non-hydrogen) atoms. The normalized spacial score (nSPS) is 9.36. The number of amides is 2. The van der Waals surface area contributed by atoms with Crippen LogP contribution in [0, 0.1) is 0 Å². The highest BCUT2D eigenvalue weighted by Gasteiger charge is 2.03. The predicted molar refractivity (Wildman–Crippen MR) is 41.8 cm³/mol. The van der Waals surface area contributed by atoms with Crippen molar-refractivity contribution >= 4 is 6.03 Å². The topological polar surface area (TPSA) is 67.6 Å². The van der Waals surface area contributed by atoms with E-state index in [4.69, 9.17) is 10.6 Å². The van der Waals surface area contributed by atoms with Gasteiger partial charge >= 0.3 is 6.03 Å². The Morgan fingerprint density at radius 3 is 2.82 bits per heavy atom. The Balaban J connectivity index is 3.36. The number of hydrazine groups is 1. The second-order valence-electron chi connectivity index (χ2n) is 2.07. The SMILES string of the molecule is CCOCCN(C)C(=O)NN. The molecule has 0 fully saturated rings. The van der Waals surface area contributed by atoms with Crippen LogP contribution >= 0.6 is 0 Å². The van der Waals surface area contributed by atoms with Crippen molar-refractivity contribution in [2.24, 2.45) is 5.84 Å². The summed E-state index contributed by atoms with van der Waals surface area (Å²) in [5.74, 6) is 4.90. The summed E-state index contributed by atoms with van der Waals surface area (Å²) in [6, 6.07) is -0.301. The lowest BCUT2D eigenvalue weighted by atomic mass is 10.6. The van der Waals surface area contributed by atoms with Crippen molar-refractivity contribution in [3.63, 3.8) is 0 Å². The average Bonchev–Trinajstić information content (AvgIpc) is 2.03. The van der Waals surface area contributed by atoms with Crippen molar-refractivity contribution in [1.82, 2.24) is 10.3 Å². The van der Waals surface area contributed by atoms with Crippen LogP contribution < -0.4 is 11.3 Å². The molecule has 0 unspecified atom stereocenters. The van der Waals surface area contributed by atoms with Crippen molar-refractivity contribution < 1.29 is 9.53 Å². The van der Waals surface area contributed by atoms with Gasteiger partial charge in [0.05, 0.1) is 6.61 Å². The van der Waals surface area contributed by atoms with E-state index in [2.05, 4.69) is 0 Å². The van der Waals surface area contributed by atoms with Crippen LogP contribution in [-0.2, 0) is 4.74 Å². The van der Waals surface area contributed by atoms with Crippen LogP contribution in [0.2, 0.25) is 0 Å². The first-order valence-corrected chi connectivity index (χ1v) is 3.51. The number of ether oxygens (including phenoxy) is 1. The molecule has 66 valence electrons. The lowest BCUT2D eigenvalue weighted by molar-refractivity contribution is 0.126. The third kappa shape index (κ3) is 4.58. The molecule has 0 saturated carbocycles. The summed E-state index contributed by atoms with van der Waals surface area (Å²) in [7, 11) is 1.65. The van der Waals surface area contributed by atoms with E-state index in [1.54, 1.807) is 7.05 Å². The summed E-state index contributed by atoms with van der Waals surface area (Å²) in [5.41, 5.74) is 2.02. The Hall–Kier alpha value is -0.810. The third-order valence-corrected chi connectivity index (χ3v) is 1.25. The van der Waals surface area contributed by atoms with Crippen molar-refractivity contribution in [1.29, 1.82) is 0 Å². The van der Waals surface area contributed by atoms with Crippen LogP contribution in [-0.4, -0.2) is 37.7 Å². The number of hydrogen-bond acceptors (Lipinski definition) is 3. The zero-order valence-corrected chi connectivity index (χ0v) is 6.96. The van der Waals surface area contributed by atoms with Gasteiger partial charge in [0, 0.05) is 20.2 Å². The molecule has 5 heteroatoms. The summed E-state index contributed by atoms with van der Waals surface area (Å²) in [6.07, 6.45) is 0. The molecule has 0 radical (unpaired) electrons. The summed E-state index contributed by atoms with van der Waals surface area (Å²) < 4.78 is 5.04. The third-order valence-electron chi connectivity index (χ3n) is 1.25. The summed E-state index contributed by atoms with van der Waals surface area (Å²) in [4.78, 5) is 12.2. The molecule has 0 aliphatic carbocycles. The molecule has 0 heterocycles. The van der Waals surface area contributed by atoms with Crippen LogP contribution in [0.25, 0.3) is 0 Å². The Bertz CT molecular complexity index is 118. The van der Waals surface area contributed by atoms with Gasteiger partial charge in [0.2, 0.25) is 0 Å². The number of nitrogens with two attached hydrogens (primary N) is 1. The van der Waals surface area contributed by atoms with Crippen molar-refractivity contribution in [2.75, 3.05) is 26.8 Å². The van der Waals surface area contributed by atoms with Crippen LogP contribution in [0.3, 0.4) is 0 Å². The molecule has 0 bridgehead atoms. The van der Waals surface area contributed by atoms with Crippen molar-refractivity contribution in [2.45, 2.75) is 6.92 Å². The van der Waals surface area contributed by atoms with Crippen LogP contribution in [0.5, 0.6) is 0 Å². The minimum absolute atomic E-state index is 0.301. The molecule has 2 amide bonds. The highest BCUT2D eigenvalue weighted by atomic mass is 16.5. The monoisotopic (exact) mass is 161 g/mol. The lowest BCUT2D eigenvalue weighted by Crippen LogP contribution is -2.42. The van der Waals surface area contributed by atoms with E-state index in [9.17, 15) is 4.79 Å². The molecule has 0 aliphatic rings. The Morgan fingerprint density at radius 1 is 1.73 bits per heavy atom. The number of nitrogens with zero attached hydrogens (tertiary/aromatic N) is 1. The van der Waals surface area contributed by atoms with E-state index in [0.717, 1.165) is 0 Å². The van der Waals surface area contributed by atoms with Crippen LogP contribution in [0.15, 0.2) is 0 Å². The summed E-state index contributed by atoms with van der Waals surface area (Å²) in [5, 5.41) is 0. The van der Waals surface area contributed by atoms with Gasteiger partial charge < -0.3 is 9.64 Å². The van der Waals surface area contributed by atoms with E-state index in [0.29, 0.717) is 19.8 Å². The molecule has 3 N–H and O–H groups in total. The zero-order chi connectivity index (χ0) is 8.69. The van der Waals surface area contributed by atoms with E-state index in [1.807, 2.05) is 12.3 Å². The molecule has 0 aromatic carbocycles. The first-order chi connectivity index (χ1) is 5.22. The fraction of sp³-hybridized carbons (Fsp3) is 0.833. The summed E-state index contributed by atoms with van der Waals surface area (Å²) >= 11 is 0. The fourth-order valence-electron chi connectivity index (χ4n) is 0.558. The Kier molecular flexibility index (Phi) is 5.50. The van der Waals surface area contributed by atoms with Gasteiger partial charge in [0.15, 0.2) is 0 Å². The largest absolute Gasteiger partial charge is 0.380 e. The summed E-state index contributed by atoms with van der Waals surface area (Å²) in [6.45, 7) is 3.67. The number of carbonyl (C=O) groups is 1. The van der Waals surface area contributed by atoms with Gasteiger partial charge in [0.25, 0.3) is 0 Å². The minimum Gasteiger partial charge on any atom is -0.380 e. The van der Waals surface area contributed by atoms with Gasteiger partial charge in [-0.3, -0.25) is 5.43 Å². The second kappa shape index (κ2) is 5.94. The van der Waals surface area contributed by atoms with Gasteiger partial charge in [-0.15, -0.1) is 0 Å². The van der Waals surface area contributed by atoms with Crippen LogP contribution in [0.4, 0.5) is 4.79 Å². The standard InChI is InChI=1S/C6H15N3O2/c1-3-11-5-4-9(2)6(10)8-7/h3-5,7H2,1-2H3,(H,8,10). The zero-order valence-electron chi connectivity index (χ0n) is 6.96. The minimum atomic E-state index is -0.301. The number of rotatable bonds is 4. The van der Waals surface area contributed by atoms with E-state index in [-0.39, 0.29) is 6.03 Å². The van der Waals surface area contributed by atoms with E-state index in [1.165, 1.54) is 4.90 Å². The molecule has 0 rings (SSSR count). The van der Waals surface area contributed by atoms with Crippen molar-refractivity contribution in [3.05, 3.63) is 0 Å².